The zero-order valence-corrected chi connectivity index (χ0v) is 8.77. The third-order valence-corrected chi connectivity index (χ3v) is 2.82. The van der Waals surface area contributed by atoms with E-state index in [1.165, 1.54) is 0 Å². The molecular weight excluding hydrogens is 198 g/mol. The van der Waals surface area contributed by atoms with Crippen molar-refractivity contribution in [3.05, 3.63) is 44.7 Å². The lowest BCUT2D eigenvalue weighted by Gasteiger charge is -2.04. The fourth-order valence-corrected chi connectivity index (χ4v) is 1.68. The molecule has 0 saturated heterocycles. The number of aromatic nitrogens is 1. The summed E-state index contributed by atoms with van der Waals surface area (Å²) in [6.07, 6.45) is 1.54. The zero-order valence-electron chi connectivity index (χ0n) is 8.02. The minimum atomic E-state index is -0.108. The minimum Gasteiger partial charge on any atom is -0.359 e. The average molecular weight is 208 g/mol. The summed E-state index contributed by atoms with van der Waals surface area (Å²) in [5, 5.41) is 0.890. The maximum Gasteiger partial charge on any atom is 0.207 e. The number of aryl methyl sites for hydroxylation is 2. The Morgan fingerprint density at radius 1 is 1.29 bits per heavy atom. The molecule has 0 atom stereocenters. The molecule has 0 fully saturated rings. The van der Waals surface area contributed by atoms with Crippen LogP contribution in [0.4, 0.5) is 0 Å². The number of benzene rings is 1. The lowest BCUT2D eigenvalue weighted by atomic mass is 10.1. The summed E-state index contributed by atoms with van der Waals surface area (Å²) in [5.41, 5.74) is 3.02. The van der Waals surface area contributed by atoms with Gasteiger partial charge < -0.3 is 4.98 Å². The molecule has 0 saturated carbocycles. The van der Waals surface area contributed by atoms with Gasteiger partial charge in [0, 0.05) is 11.6 Å². The van der Waals surface area contributed by atoms with Crippen LogP contribution in [0.25, 0.3) is 10.9 Å². The lowest BCUT2D eigenvalue weighted by molar-refractivity contribution is 1.30. The van der Waals surface area contributed by atoms with E-state index >= 15 is 0 Å². The van der Waals surface area contributed by atoms with E-state index in [2.05, 4.69) is 4.98 Å². The van der Waals surface area contributed by atoms with Crippen LogP contribution < -0.4 is 5.43 Å². The second-order valence-electron chi connectivity index (χ2n) is 3.40. The van der Waals surface area contributed by atoms with E-state index in [-0.39, 0.29) is 10.5 Å². The Morgan fingerprint density at radius 2 is 2.00 bits per heavy atom. The summed E-state index contributed by atoms with van der Waals surface area (Å²) in [6.45, 7) is 4.00. The van der Waals surface area contributed by atoms with Crippen LogP contribution in [0.3, 0.4) is 0 Å². The quantitative estimate of drug-likeness (QED) is 0.708. The predicted octanol–water partition coefficient (Wildman–Crippen LogP) is 2.80. The fraction of sp³-hybridized carbons (Fsp3) is 0.182. The summed E-state index contributed by atoms with van der Waals surface area (Å²) in [6, 6.07) is 3.74. The van der Waals surface area contributed by atoms with Crippen LogP contribution in [0.5, 0.6) is 0 Å². The largest absolute Gasteiger partial charge is 0.359 e. The number of H-pyrrole nitrogens is 1. The SMILES string of the molecule is Cc1ccc2c(=O)c(Cl)c[nH]c2c1C. The first kappa shape index (κ1) is 9.28. The van der Waals surface area contributed by atoms with Crippen molar-refractivity contribution in [1.82, 2.24) is 4.98 Å². The highest BCUT2D eigenvalue weighted by atomic mass is 35.5. The maximum atomic E-state index is 11.6. The Labute approximate surface area is 86.5 Å². The minimum absolute atomic E-state index is 0.108. The second kappa shape index (κ2) is 3.14. The van der Waals surface area contributed by atoms with Gasteiger partial charge in [-0.1, -0.05) is 17.7 Å². The summed E-state index contributed by atoms with van der Waals surface area (Å²) in [7, 11) is 0. The predicted molar refractivity (Wildman–Crippen MR) is 59.1 cm³/mol. The third-order valence-electron chi connectivity index (χ3n) is 2.54. The highest BCUT2D eigenvalue weighted by Crippen LogP contribution is 2.17. The molecule has 1 N–H and O–H groups in total. The van der Waals surface area contributed by atoms with Gasteiger partial charge in [-0.3, -0.25) is 4.79 Å². The van der Waals surface area contributed by atoms with Crippen molar-refractivity contribution >= 4 is 22.5 Å². The van der Waals surface area contributed by atoms with E-state index in [4.69, 9.17) is 11.6 Å². The Balaban J connectivity index is 3.02. The van der Waals surface area contributed by atoms with Gasteiger partial charge in [0.2, 0.25) is 5.43 Å². The zero-order chi connectivity index (χ0) is 10.3. The third kappa shape index (κ3) is 1.23. The first-order valence-electron chi connectivity index (χ1n) is 4.38. The first-order chi connectivity index (χ1) is 6.61. The molecule has 0 aliphatic rings. The summed E-state index contributed by atoms with van der Waals surface area (Å²) < 4.78 is 0. The van der Waals surface area contributed by atoms with Crippen LogP contribution >= 0.6 is 11.6 Å². The number of aromatic amines is 1. The second-order valence-corrected chi connectivity index (χ2v) is 3.80. The van der Waals surface area contributed by atoms with E-state index in [0.717, 1.165) is 16.6 Å². The van der Waals surface area contributed by atoms with Crippen molar-refractivity contribution in [2.45, 2.75) is 13.8 Å². The molecule has 0 radical (unpaired) electrons. The number of fused-ring (bicyclic) bond motifs is 1. The highest BCUT2D eigenvalue weighted by Gasteiger charge is 2.05. The van der Waals surface area contributed by atoms with Crippen molar-refractivity contribution < 1.29 is 0 Å². The molecule has 1 aromatic heterocycles. The average Bonchev–Trinajstić information content (AvgIpc) is 2.17. The van der Waals surface area contributed by atoms with Gasteiger partial charge in [-0.2, -0.15) is 0 Å². The Bertz CT molecular complexity index is 557. The van der Waals surface area contributed by atoms with Gasteiger partial charge >= 0.3 is 0 Å². The Morgan fingerprint density at radius 3 is 2.71 bits per heavy atom. The Hall–Kier alpha value is -1.28. The van der Waals surface area contributed by atoms with Gasteiger partial charge in [0.25, 0.3) is 0 Å². The molecule has 0 amide bonds. The molecule has 2 aromatic rings. The smallest absolute Gasteiger partial charge is 0.207 e. The van der Waals surface area contributed by atoms with Crippen molar-refractivity contribution in [3.8, 4) is 0 Å². The Kier molecular flexibility index (Phi) is 2.08. The van der Waals surface area contributed by atoms with E-state index in [0.29, 0.717) is 5.39 Å². The van der Waals surface area contributed by atoms with Crippen LogP contribution in [-0.4, -0.2) is 4.98 Å². The normalized spacial score (nSPS) is 10.8. The van der Waals surface area contributed by atoms with Gasteiger partial charge in [0.1, 0.15) is 5.02 Å². The molecule has 0 aliphatic heterocycles. The highest BCUT2D eigenvalue weighted by molar-refractivity contribution is 6.31. The van der Waals surface area contributed by atoms with Gasteiger partial charge in [-0.05, 0) is 31.0 Å². The molecule has 2 rings (SSSR count). The van der Waals surface area contributed by atoms with Crippen LogP contribution in [0.15, 0.2) is 23.1 Å². The molecule has 2 nitrogen and oxygen atoms in total. The van der Waals surface area contributed by atoms with Crippen molar-refractivity contribution in [2.75, 3.05) is 0 Å². The summed E-state index contributed by atoms with van der Waals surface area (Å²) in [5.74, 6) is 0. The van der Waals surface area contributed by atoms with Gasteiger partial charge in [0.15, 0.2) is 0 Å². The van der Waals surface area contributed by atoms with Gasteiger partial charge in [-0.15, -0.1) is 0 Å². The van der Waals surface area contributed by atoms with Crippen LogP contribution in [0, 0.1) is 13.8 Å². The van der Waals surface area contributed by atoms with Crippen molar-refractivity contribution in [1.29, 1.82) is 0 Å². The molecular formula is C11H10ClNO. The number of pyridine rings is 1. The van der Waals surface area contributed by atoms with E-state index in [1.807, 2.05) is 26.0 Å². The van der Waals surface area contributed by atoms with E-state index in [9.17, 15) is 4.79 Å². The summed E-state index contributed by atoms with van der Waals surface area (Å²) in [4.78, 5) is 14.7. The topological polar surface area (TPSA) is 32.9 Å². The van der Waals surface area contributed by atoms with E-state index < -0.39 is 0 Å². The molecule has 0 aliphatic carbocycles. The van der Waals surface area contributed by atoms with Crippen molar-refractivity contribution in [3.63, 3.8) is 0 Å². The number of rotatable bonds is 0. The first-order valence-corrected chi connectivity index (χ1v) is 4.76. The standard InChI is InChI=1S/C11H10ClNO/c1-6-3-4-8-10(7(6)2)13-5-9(12)11(8)14/h3-5H,1-2H3,(H,13,14). The fourth-order valence-electron chi connectivity index (χ4n) is 1.52. The molecule has 72 valence electrons. The van der Waals surface area contributed by atoms with Crippen molar-refractivity contribution in [2.24, 2.45) is 0 Å². The molecule has 0 unspecified atom stereocenters. The van der Waals surface area contributed by atoms with Gasteiger partial charge in [0.05, 0.1) is 5.52 Å². The number of hydrogen-bond acceptors (Lipinski definition) is 1. The monoisotopic (exact) mass is 207 g/mol. The molecule has 1 heterocycles. The maximum absolute atomic E-state index is 11.6. The summed E-state index contributed by atoms with van der Waals surface area (Å²) >= 11 is 5.74. The lowest BCUT2D eigenvalue weighted by Crippen LogP contribution is -2.04. The molecule has 3 heteroatoms. The molecule has 0 spiro atoms. The molecule has 14 heavy (non-hydrogen) atoms. The number of halogens is 1. The van der Waals surface area contributed by atoms with Crippen LogP contribution in [0.2, 0.25) is 5.02 Å². The van der Waals surface area contributed by atoms with Crippen LogP contribution in [-0.2, 0) is 0 Å². The molecule has 0 bridgehead atoms. The number of hydrogen-bond donors (Lipinski definition) is 1. The molecule has 1 aromatic carbocycles. The van der Waals surface area contributed by atoms with Gasteiger partial charge in [-0.25, -0.2) is 0 Å². The van der Waals surface area contributed by atoms with E-state index in [1.54, 1.807) is 6.20 Å². The van der Waals surface area contributed by atoms with Crippen LogP contribution in [0.1, 0.15) is 11.1 Å². The number of nitrogens with one attached hydrogen (secondary N) is 1.